The normalized spacial score (nSPS) is 12.4. The maximum Gasteiger partial charge on any atom is 0.244 e. The number of aromatic nitrogens is 2. The van der Waals surface area contributed by atoms with Crippen LogP contribution >= 0.6 is 0 Å². The van der Waals surface area contributed by atoms with Crippen molar-refractivity contribution in [2.24, 2.45) is 10.2 Å². The molecule has 9 heteroatoms. The molecule has 1 aromatic carbocycles. The molecule has 2 aromatic heterocycles. The molecule has 0 radical (unpaired) electrons. The third-order valence-electron chi connectivity index (χ3n) is 4.97. The number of aromatic hydroxyl groups is 1. The molecular formula is C21H27N5O3S. The maximum atomic E-state index is 12.6. The molecule has 0 aliphatic rings. The van der Waals surface area contributed by atoms with Gasteiger partial charge in [0.1, 0.15) is 4.90 Å². The van der Waals surface area contributed by atoms with Crippen molar-refractivity contribution in [3.63, 3.8) is 0 Å². The molecular weight excluding hydrogens is 402 g/mol. The van der Waals surface area contributed by atoms with Crippen molar-refractivity contribution in [1.29, 1.82) is 0 Å². The topological polar surface area (TPSA) is 100 Å². The molecule has 0 saturated carbocycles. The molecule has 3 aromatic rings. The molecule has 3 rings (SSSR count). The zero-order chi connectivity index (χ0) is 21.7. The Labute approximate surface area is 176 Å². The number of rotatable bonds is 9. The summed E-state index contributed by atoms with van der Waals surface area (Å²) in [4.78, 5) is 4.24. The minimum atomic E-state index is -3.57. The summed E-state index contributed by atoms with van der Waals surface area (Å²) in [5, 5.41) is 19.8. The summed E-state index contributed by atoms with van der Waals surface area (Å²) in [6.07, 6.45) is 3.23. The average molecular weight is 430 g/mol. The Morgan fingerprint density at radius 3 is 2.43 bits per heavy atom. The lowest BCUT2D eigenvalue weighted by Crippen LogP contribution is -2.30. The highest BCUT2D eigenvalue weighted by molar-refractivity contribution is 7.89. The zero-order valence-electron chi connectivity index (χ0n) is 17.5. The highest BCUT2D eigenvalue weighted by Crippen LogP contribution is 2.39. The van der Waals surface area contributed by atoms with Crippen LogP contribution in [0.15, 0.2) is 57.7 Å². The SMILES string of the molecule is CCCCn1c(O)c(N=Nc2ccc(S(=O)(=O)N(CC)CC)cn2)c2ccccc21. The number of azo groups is 1. The first-order valence-electron chi connectivity index (χ1n) is 10.1. The van der Waals surface area contributed by atoms with E-state index in [4.69, 9.17) is 0 Å². The van der Waals surface area contributed by atoms with Crippen LogP contribution < -0.4 is 0 Å². The first-order valence-corrected chi connectivity index (χ1v) is 11.6. The number of pyridine rings is 1. The fraction of sp³-hybridized carbons (Fsp3) is 0.381. The van der Waals surface area contributed by atoms with Crippen LogP contribution in [0.4, 0.5) is 11.5 Å². The van der Waals surface area contributed by atoms with Gasteiger partial charge in [-0.05, 0) is 24.6 Å². The Hall–Kier alpha value is -2.78. The van der Waals surface area contributed by atoms with Crippen LogP contribution in [0.3, 0.4) is 0 Å². The number of unbranched alkanes of at least 4 members (excludes halogenated alkanes) is 1. The van der Waals surface area contributed by atoms with Crippen molar-refractivity contribution in [1.82, 2.24) is 13.9 Å². The lowest BCUT2D eigenvalue weighted by molar-refractivity contribution is 0.418. The van der Waals surface area contributed by atoms with Crippen molar-refractivity contribution >= 4 is 32.4 Å². The van der Waals surface area contributed by atoms with Crippen LogP contribution in [0, 0.1) is 0 Å². The van der Waals surface area contributed by atoms with Crippen LogP contribution in [0.2, 0.25) is 0 Å². The first-order chi connectivity index (χ1) is 14.4. The average Bonchev–Trinajstić information content (AvgIpc) is 3.02. The monoisotopic (exact) mass is 429 g/mol. The highest BCUT2D eigenvalue weighted by Gasteiger charge is 2.22. The summed E-state index contributed by atoms with van der Waals surface area (Å²) in [7, 11) is -3.57. The zero-order valence-corrected chi connectivity index (χ0v) is 18.3. The quantitative estimate of drug-likeness (QED) is 0.484. The van der Waals surface area contributed by atoms with E-state index in [1.807, 2.05) is 28.8 Å². The molecule has 8 nitrogen and oxygen atoms in total. The number of aryl methyl sites for hydroxylation is 1. The van der Waals surface area contributed by atoms with Gasteiger partial charge in [-0.2, -0.15) is 4.31 Å². The number of nitrogens with zero attached hydrogens (tertiary/aromatic N) is 5. The number of hydrogen-bond acceptors (Lipinski definition) is 6. The van der Waals surface area contributed by atoms with Crippen molar-refractivity contribution in [3.8, 4) is 5.88 Å². The molecule has 2 heterocycles. The predicted molar refractivity (Wildman–Crippen MR) is 117 cm³/mol. The van der Waals surface area contributed by atoms with Crippen LogP contribution in [-0.4, -0.2) is 40.5 Å². The van der Waals surface area contributed by atoms with Gasteiger partial charge in [0.2, 0.25) is 15.9 Å². The summed E-state index contributed by atoms with van der Waals surface area (Å²) < 4.78 is 28.3. The van der Waals surface area contributed by atoms with Crippen LogP contribution in [0.1, 0.15) is 33.6 Å². The van der Waals surface area contributed by atoms with Crippen LogP contribution in [-0.2, 0) is 16.6 Å². The van der Waals surface area contributed by atoms with Crippen molar-refractivity contribution < 1.29 is 13.5 Å². The molecule has 0 amide bonds. The molecule has 0 fully saturated rings. The summed E-state index contributed by atoms with van der Waals surface area (Å²) in [6, 6.07) is 10.6. The highest BCUT2D eigenvalue weighted by atomic mass is 32.2. The second-order valence-electron chi connectivity index (χ2n) is 6.84. The van der Waals surface area contributed by atoms with Gasteiger partial charge >= 0.3 is 0 Å². The largest absolute Gasteiger partial charge is 0.493 e. The fourth-order valence-corrected chi connectivity index (χ4v) is 4.71. The molecule has 0 unspecified atom stereocenters. The fourth-order valence-electron chi connectivity index (χ4n) is 3.31. The van der Waals surface area contributed by atoms with Gasteiger partial charge in [0.15, 0.2) is 11.5 Å². The molecule has 0 spiro atoms. The van der Waals surface area contributed by atoms with E-state index in [0.717, 1.165) is 23.7 Å². The third kappa shape index (κ3) is 4.22. The maximum absolute atomic E-state index is 12.6. The Kier molecular flexibility index (Phi) is 6.84. The first kappa shape index (κ1) is 21.9. The second-order valence-corrected chi connectivity index (χ2v) is 8.77. The van der Waals surface area contributed by atoms with E-state index in [-0.39, 0.29) is 16.6 Å². The van der Waals surface area contributed by atoms with E-state index < -0.39 is 10.0 Å². The van der Waals surface area contributed by atoms with Gasteiger partial charge in [-0.15, -0.1) is 10.2 Å². The molecule has 160 valence electrons. The van der Waals surface area contributed by atoms with Crippen LogP contribution in [0.5, 0.6) is 5.88 Å². The van der Waals surface area contributed by atoms with E-state index in [0.29, 0.717) is 25.3 Å². The summed E-state index contributed by atoms with van der Waals surface area (Å²) in [5.41, 5.74) is 1.27. The molecule has 0 atom stereocenters. The summed E-state index contributed by atoms with van der Waals surface area (Å²) in [5.74, 6) is 0.326. The van der Waals surface area contributed by atoms with Gasteiger partial charge in [0, 0.05) is 31.2 Å². The van der Waals surface area contributed by atoms with Gasteiger partial charge in [0.05, 0.1) is 5.52 Å². The molecule has 0 bridgehead atoms. The van der Waals surface area contributed by atoms with E-state index in [9.17, 15) is 13.5 Å². The number of benzene rings is 1. The minimum Gasteiger partial charge on any atom is -0.493 e. The van der Waals surface area contributed by atoms with E-state index in [1.54, 1.807) is 13.8 Å². The molecule has 0 saturated heterocycles. The van der Waals surface area contributed by atoms with Gasteiger partial charge in [-0.1, -0.05) is 45.4 Å². The molecule has 0 aliphatic carbocycles. The van der Waals surface area contributed by atoms with Gasteiger partial charge in [-0.25, -0.2) is 13.4 Å². The van der Waals surface area contributed by atoms with Gasteiger partial charge in [-0.3, -0.25) is 0 Å². The number of para-hydroxylation sites is 1. The Bertz CT molecular complexity index is 1130. The van der Waals surface area contributed by atoms with E-state index in [2.05, 4.69) is 22.1 Å². The van der Waals surface area contributed by atoms with Crippen molar-refractivity contribution in [2.75, 3.05) is 13.1 Å². The van der Waals surface area contributed by atoms with Crippen LogP contribution in [0.25, 0.3) is 10.9 Å². The Morgan fingerprint density at radius 2 is 1.80 bits per heavy atom. The van der Waals surface area contributed by atoms with Crippen molar-refractivity contribution in [3.05, 3.63) is 42.6 Å². The predicted octanol–water partition coefficient (Wildman–Crippen LogP) is 4.99. The lowest BCUT2D eigenvalue weighted by Gasteiger charge is -2.17. The minimum absolute atomic E-state index is 0.0640. The van der Waals surface area contributed by atoms with E-state index >= 15 is 0 Å². The molecule has 1 N–H and O–H groups in total. The number of fused-ring (bicyclic) bond motifs is 1. The Morgan fingerprint density at radius 1 is 1.07 bits per heavy atom. The summed E-state index contributed by atoms with van der Waals surface area (Å²) in [6.45, 7) is 7.15. The molecule has 30 heavy (non-hydrogen) atoms. The third-order valence-corrected chi connectivity index (χ3v) is 7.00. The summed E-state index contributed by atoms with van der Waals surface area (Å²) >= 11 is 0. The lowest BCUT2D eigenvalue weighted by atomic mass is 10.2. The van der Waals surface area contributed by atoms with Gasteiger partial charge in [0.25, 0.3) is 0 Å². The second kappa shape index (κ2) is 9.36. The number of hydrogen-bond donors (Lipinski definition) is 1. The molecule has 0 aliphatic heterocycles. The van der Waals surface area contributed by atoms with E-state index in [1.165, 1.54) is 22.6 Å². The smallest absolute Gasteiger partial charge is 0.244 e. The van der Waals surface area contributed by atoms with Gasteiger partial charge < -0.3 is 9.67 Å². The number of sulfonamides is 1. The Balaban J connectivity index is 1.91. The van der Waals surface area contributed by atoms with Crippen molar-refractivity contribution in [2.45, 2.75) is 45.1 Å². The standard InChI is InChI=1S/C21H27N5O3S/c1-4-7-14-26-18-11-9-8-10-17(18)20(21(26)27)24-23-19-13-12-16(15-22-19)30(28,29)25(5-2)6-3/h8-13,15,27H,4-7,14H2,1-3H3.